The lowest BCUT2D eigenvalue weighted by Gasteiger charge is -2.19. The van der Waals surface area contributed by atoms with E-state index in [1.54, 1.807) is 11.3 Å². The van der Waals surface area contributed by atoms with Crippen molar-refractivity contribution in [1.29, 1.82) is 0 Å². The van der Waals surface area contributed by atoms with E-state index in [1.165, 1.54) is 23.3 Å². The number of guanidine groups is 1. The van der Waals surface area contributed by atoms with E-state index in [9.17, 15) is 0 Å². The van der Waals surface area contributed by atoms with Gasteiger partial charge in [-0.25, -0.2) is 0 Å². The molecule has 1 aromatic carbocycles. The highest BCUT2D eigenvalue weighted by atomic mass is 32.1. The first-order chi connectivity index (χ1) is 12.3. The van der Waals surface area contributed by atoms with Crippen LogP contribution in [0.1, 0.15) is 23.3 Å². The van der Waals surface area contributed by atoms with Gasteiger partial charge in [0.15, 0.2) is 17.5 Å². The number of hydrogen-bond donors (Lipinski definition) is 2. The van der Waals surface area contributed by atoms with Crippen molar-refractivity contribution in [2.75, 3.05) is 26.9 Å². The number of hydrogen-bond acceptors (Lipinski definition) is 4. The fraction of sp³-hybridized carbons (Fsp3) is 0.421. The third-order valence-corrected chi connectivity index (χ3v) is 5.84. The summed E-state index contributed by atoms with van der Waals surface area (Å²) in [4.78, 5) is 5.73. The van der Waals surface area contributed by atoms with Crippen LogP contribution in [-0.4, -0.2) is 32.9 Å². The molecule has 2 heterocycles. The van der Waals surface area contributed by atoms with Gasteiger partial charge in [-0.1, -0.05) is 12.1 Å². The molecule has 1 saturated carbocycles. The number of ether oxygens (including phenoxy) is 2. The van der Waals surface area contributed by atoms with Crippen molar-refractivity contribution in [2.45, 2.75) is 24.7 Å². The van der Waals surface area contributed by atoms with Gasteiger partial charge in [0.05, 0.1) is 0 Å². The second-order valence-electron chi connectivity index (χ2n) is 6.53. The van der Waals surface area contributed by atoms with Crippen molar-refractivity contribution in [2.24, 2.45) is 4.99 Å². The average molecular weight is 357 g/mol. The minimum atomic E-state index is 0.187. The first-order valence-electron chi connectivity index (χ1n) is 8.66. The van der Waals surface area contributed by atoms with Crippen molar-refractivity contribution in [3.8, 4) is 11.5 Å². The zero-order valence-electron chi connectivity index (χ0n) is 14.4. The Kier molecular flexibility index (Phi) is 4.53. The Morgan fingerprint density at radius 1 is 1.20 bits per heavy atom. The second kappa shape index (κ2) is 6.96. The van der Waals surface area contributed by atoms with Gasteiger partial charge in [0.2, 0.25) is 6.79 Å². The molecule has 0 bridgehead atoms. The molecule has 0 radical (unpaired) electrons. The maximum atomic E-state index is 5.52. The molecule has 25 heavy (non-hydrogen) atoms. The minimum Gasteiger partial charge on any atom is -0.454 e. The van der Waals surface area contributed by atoms with E-state index in [1.807, 2.05) is 13.1 Å². The molecule has 5 nitrogen and oxygen atoms in total. The summed E-state index contributed by atoms with van der Waals surface area (Å²) in [5, 5.41) is 9.01. The van der Waals surface area contributed by atoms with Crippen molar-refractivity contribution in [3.05, 3.63) is 46.2 Å². The molecular formula is C19H23N3O2S. The largest absolute Gasteiger partial charge is 0.454 e. The predicted molar refractivity (Wildman–Crippen MR) is 101 cm³/mol. The van der Waals surface area contributed by atoms with Crippen LogP contribution >= 0.6 is 11.3 Å². The smallest absolute Gasteiger partial charge is 0.231 e. The summed E-state index contributed by atoms with van der Waals surface area (Å²) in [6.07, 6.45) is 3.39. The number of benzene rings is 1. The average Bonchev–Trinajstić information content (AvgIpc) is 3.04. The van der Waals surface area contributed by atoms with Crippen molar-refractivity contribution in [3.63, 3.8) is 0 Å². The minimum absolute atomic E-state index is 0.187. The molecule has 2 aromatic rings. The van der Waals surface area contributed by atoms with Gasteiger partial charge in [0, 0.05) is 30.4 Å². The Bertz CT molecular complexity index is 754. The summed E-state index contributed by atoms with van der Waals surface area (Å²) in [6, 6.07) is 10.6. The standard InChI is InChI=1S/C19H23N3O2S/c1-20-18(21-9-6-15-3-2-10-25-15)22-12-19(7-8-19)14-4-5-16-17(11-14)24-13-23-16/h2-5,10-11H,6-9,12-13H2,1H3,(H2,20,21,22). The van der Waals surface area contributed by atoms with Crippen LogP contribution < -0.4 is 20.1 Å². The molecule has 2 aliphatic rings. The maximum Gasteiger partial charge on any atom is 0.231 e. The number of thiophene rings is 1. The molecule has 1 aromatic heterocycles. The monoisotopic (exact) mass is 357 g/mol. The Labute approximate surface area is 152 Å². The maximum absolute atomic E-state index is 5.52. The Hall–Kier alpha value is -2.21. The molecule has 0 spiro atoms. The van der Waals surface area contributed by atoms with Crippen LogP contribution in [0, 0.1) is 0 Å². The number of aliphatic imine (C=N–C) groups is 1. The van der Waals surface area contributed by atoms with Crippen LogP contribution in [0.25, 0.3) is 0 Å². The van der Waals surface area contributed by atoms with E-state index in [4.69, 9.17) is 9.47 Å². The number of nitrogens with one attached hydrogen (secondary N) is 2. The van der Waals surface area contributed by atoms with Gasteiger partial charge in [0.1, 0.15) is 0 Å². The Morgan fingerprint density at radius 3 is 2.84 bits per heavy atom. The Morgan fingerprint density at radius 2 is 2.08 bits per heavy atom. The zero-order valence-corrected chi connectivity index (χ0v) is 15.2. The highest BCUT2D eigenvalue weighted by molar-refractivity contribution is 7.09. The second-order valence-corrected chi connectivity index (χ2v) is 7.56. The van der Waals surface area contributed by atoms with Gasteiger partial charge in [0.25, 0.3) is 0 Å². The fourth-order valence-electron chi connectivity index (χ4n) is 3.18. The van der Waals surface area contributed by atoms with Crippen molar-refractivity contribution in [1.82, 2.24) is 10.6 Å². The van der Waals surface area contributed by atoms with Crippen LogP contribution in [0.2, 0.25) is 0 Å². The number of nitrogens with zero attached hydrogens (tertiary/aromatic N) is 1. The quantitative estimate of drug-likeness (QED) is 0.617. The molecule has 1 fully saturated rings. The zero-order chi connectivity index (χ0) is 17.1. The molecule has 6 heteroatoms. The van der Waals surface area contributed by atoms with Gasteiger partial charge >= 0.3 is 0 Å². The fourth-order valence-corrected chi connectivity index (χ4v) is 3.89. The van der Waals surface area contributed by atoms with E-state index >= 15 is 0 Å². The summed E-state index contributed by atoms with van der Waals surface area (Å²) in [6.45, 7) is 2.09. The molecule has 1 aliphatic heterocycles. The molecular weight excluding hydrogens is 334 g/mol. The predicted octanol–water partition coefficient (Wildman–Crippen LogP) is 2.92. The molecule has 0 saturated heterocycles. The van der Waals surface area contributed by atoms with Crippen LogP contribution in [0.3, 0.4) is 0 Å². The van der Waals surface area contributed by atoms with E-state index in [0.29, 0.717) is 6.79 Å². The van der Waals surface area contributed by atoms with Crippen molar-refractivity contribution >= 4 is 17.3 Å². The lowest BCUT2D eigenvalue weighted by atomic mass is 9.95. The van der Waals surface area contributed by atoms with Gasteiger partial charge in [-0.15, -0.1) is 11.3 Å². The summed E-state index contributed by atoms with van der Waals surface area (Å²) in [5.41, 5.74) is 1.50. The molecule has 0 amide bonds. The van der Waals surface area contributed by atoms with Crippen molar-refractivity contribution < 1.29 is 9.47 Å². The first-order valence-corrected chi connectivity index (χ1v) is 9.54. The third kappa shape index (κ3) is 3.58. The molecule has 4 rings (SSSR count). The highest BCUT2D eigenvalue weighted by Crippen LogP contribution is 2.49. The molecule has 2 N–H and O–H groups in total. The first kappa shape index (κ1) is 16.3. The topological polar surface area (TPSA) is 54.9 Å². The highest BCUT2D eigenvalue weighted by Gasteiger charge is 2.44. The van der Waals surface area contributed by atoms with Crippen LogP contribution in [0.4, 0.5) is 0 Å². The van der Waals surface area contributed by atoms with Crippen LogP contribution in [0.5, 0.6) is 11.5 Å². The molecule has 0 unspecified atom stereocenters. The third-order valence-electron chi connectivity index (χ3n) is 4.90. The lowest BCUT2D eigenvalue weighted by molar-refractivity contribution is 0.174. The lowest BCUT2D eigenvalue weighted by Crippen LogP contribution is -2.41. The number of fused-ring (bicyclic) bond motifs is 1. The summed E-state index contributed by atoms with van der Waals surface area (Å²) < 4.78 is 10.9. The molecule has 0 atom stereocenters. The van der Waals surface area contributed by atoms with Gasteiger partial charge in [-0.05, 0) is 48.4 Å². The van der Waals surface area contributed by atoms with E-state index < -0.39 is 0 Å². The molecule has 132 valence electrons. The Balaban J connectivity index is 1.32. The normalized spacial score (nSPS) is 17.4. The van der Waals surface area contributed by atoms with Gasteiger partial charge in [-0.3, -0.25) is 4.99 Å². The SMILES string of the molecule is CN=C(NCCc1cccs1)NCC1(c2ccc3c(c2)OCO3)CC1. The van der Waals surface area contributed by atoms with E-state index in [-0.39, 0.29) is 5.41 Å². The van der Waals surface area contributed by atoms with Gasteiger partial charge < -0.3 is 20.1 Å². The summed E-state index contributed by atoms with van der Waals surface area (Å²) >= 11 is 1.79. The summed E-state index contributed by atoms with van der Waals surface area (Å²) in [7, 11) is 1.82. The van der Waals surface area contributed by atoms with Crippen LogP contribution in [-0.2, 0) is 11.8 Å². The molecule has 1 aliphatic carbocycles. The van der Waals surface area contributed by atoms with E-state index in [2.05, 4.69) is 45.3 Å². The number of rotatable bonds is 6. The van der Waals surface area contributed by atoms with Gasteiger partial charge in [-0.2, -0.15) is 0 Å². The van der Waals surface area contributed by atoms with E-state index in [0.717, 1.165) is 37.0 Å². The summed E-state index contributed by atoms with van der Waals surface area (Å²) in [5.74, 6) is 2.57. The van der Waals surface area contributed by atoms with Crippen LogP contribution in [0.15, 0.2) is 40.7 Å².